The molecule has 1 aliphatic rings. The highest BCUT2D eigenvalue weighted by atomic mass is 19.4. The average Bonchev–Trinajstić information content (AvgIpc) is 2.89. The van der Waals surface area contributed by atoms with Crippen LogP contribution in [0.4, 0.5) is 26.3 Å². The predicted octanol–water partition coefficient (Wildman–Crippen LogP) is 5.22. The maximum Gasteiger partial charge on any atom is 0.430 e. The van der Waals surface area contributed by atoms with Crippen molar-refractivity contribution in [2.45, 2.75) is 43.5 Å². The second-order valence-electron chi connectivity index (χ2n) is 9.79. The van der Waals surface area contributed by atoms with Gasteiger partial charge < -0.3 is 10.2 Å². The SMILES string of the molecule is O=C(O)CC1CN(Cc2ccncc2)CCN1Cc1ccc(-c2ccc(C(O)(C(F)(F)F)C(F)(F)F)cc2)cc1. The Labute approximate surface area is 226 Å². The second kappa shape index (κ2) is 11.6. The van der Waals surface area contributed by atoms with Gasteiger partial charge in [-0.1, -0.05) is 48.5 Å². The van der Waals surface area contributed by atoms with Gasteiger partial charge in [0.1, 0.15) is 0 Å². The first-order chi connectivity index (χ1) is 18.8. The molecule has 0 amide bonds. The smallest absolute Gasteiger partial charge is 0.430 e. The van der Waals surface area contributed by atoms with Crippen LogP contribution in [0.1, 0.15) is 23.1 Å². The van der Waals surface area contributed by atoms with Gasteiger partial charge in [0.25, 0.3) is 5.60 Å². The fourth-order valence-electron chi connectivity index (χ4n) is 4.88. The first-order valence-electron chi connectivity index (χ1n) is 12.4. The third-order valence-corrected chi connectivity index (χ3v) is 7.05. The summed E-state index contributed by atoms with van der Waals surface area (Å²) in [5.74, 6) is -0.900. The molecule has 0 bridgehead atoms. The molecule has 0 aliphatic carbocycles. The van der Waals surface area contributed by atoms with Gasteiger partial charge in [0.05, 0.1) is 6.42 Å². The third-order valence-electron chi connectivity index (χ3n) is 7.05. The van der Waals surface area contributed by atoms with Crippen LogP contribution in [0.25, 0.3) is 11.1 Å². The summed E-state index contributed by atoms with van der Waals surface area (Å²) in [6, 6.07) is 14.0. The van der Waals surface area contributed by atoms with Crippen LogP contribution < -0.4 is 0 Å². The van der Waals surface area contributed by atoms with Crippen LogP contribution in [-0.4, -0.2) is 69.0 Å². The Morgan fingerprint density at radius 1 is 0.800 bits per heavy atom. The Balaban J connectivity index is 1.45. The lowest BCUT2D eigenvalue weighted by Crippen LogP contribution is -2.53. The summed E-state index contributed by atoms with van der Waals surface area (Å²) in [4.78, 5) is 19.8. The van der Waals surface area contributed by atoms with Crippen LogP contribution in [0.5, 0.6) is 0 Å². The number of carboxylic acids is 1. The Morgan fingerprint density at radius 3 is 1.85 bits per heavy atom. The number of aliphatic carboxylic acids is 1. The number of rotatable bonds is 8. The number of alkyl halides is 6. The zero-order valence-electron chi connectivity index (χ0n) is 21.2. The lowest BCUT2D eigenvalue weighted by molar-refractivity contribution is -0.376. The topological polar surface area (TPSA) is 76.9 Å². The monoisotopic (exact) mass is 567 g/mol. The molecule has 1 fully saturated rings. The normalized spacial score (nSPS) is 17.6. The minimum absolute atomic E-state index is 0.0283. The molecule has 12 heteroatoms. The van der Waals surface area contributed by atoms with E-state index in [0.29, 0.717) is 49.4 Å². The van der Waals surface area contributed by atoms with Crippen molar-refractivity contribution >= 4 is 5.97 Å². The van der Waals surface area contributed by atoms with Crippen molar-refractivity contribution in [1.82, 2.24) is 14.8 Å². The van der Waals surface area contributed by atoms with Crippen LogP contribution in [0.15, 0.2) is 73.1 Å². The number of aliphatic hydroxyl groups is 1. The van der Waals surface area contributed by atoms with E-state index in [1.54, 1.807) is 36.7 Å². The van der Waals surface area contributed by atoms with E-state index < -0.39 is 29.5 Å². The summed E-state index contributed by atoms with van der Waals surface area (Å²) >= 11 is 0. The van der Waals surface area contributed by atoms with Crippen molar-refractivity contribution in [2.24, 2.45) is 0 Å². The number of benzene rings is 2. The fraction of sp³-hybridized carbons (Fsp3) is 0.357. The summed E-state index contributed by atoms with van der Waals surface area (Å²) in [5, 5.41) is 19.0. The van der Waals surface area contributed by atoms with Gasteiger partial charge in [-0.3, -0.25) is 19.6 Å². The molecule has 0 radical (unpaired) electrons. The number of carbonyl (C=O) groups is 1. The van der Waals surface area contributed by atoms with Gasteiger partial charge in [-0.25, -0.2) is 0 Å². The summed E-state index contributed by atoms with van der Waals surface area (Å²) in [5.41, 5.74) is -3.40. The molecule has 2 N–H and O–H groups in total. The highest BCUT2D eigenvalue weighted by molar-refractivity contribution is 5.67. The van der Waals surface area contributed by atoms with E-state index in [2.05, 4.69) is 14.8 Å². The van der Waals surface area contributed by atoms with E-state index >= 15 is 0 Å². The number of hydrogen-bond acceptors (Lipinski definition) is 5. The summed E-state index contributed by atoms with van der Waals surface area (Å²) in [7, 11) is 0. The zero-order valence-corrected chi connectivity index (χ0v) is 21.2. The zero-order chi connectivity index (χ0) is 29.1. The number of nitrogens with zero attached hydrogens (tertiary/aromatic N) is 3. The molecule has 214 valence electrons. The number of aromatic nitrogens is 1. The number of pyridine rings is 1. The molecule has 4 rings (SSSR count). The van der Waals surface area contributed by atoms with Gasteiger partial charge in [-0.15, -0.1) is 0 Å². The number of halogens is 6. The van der Waals surface area contributed by atoms with E-state index in [1.807, 2.05) is 12.1 Å². The van der Waals surface area contributed by atoms with Crippen molar-refractivity contribution in [3.05, 3.63) is 89.7 Å². The second-order valence-corrected chi connectivity index (χ2v) is 9.79. The molecule has 0 spiro atoms. The molecular formula is C28H27F6N3O3. The van der Waals surface area contributed by atoms with Crippen molar-refractivity contribution in [1.29, 1.82) is 0 Å². The van der Waals surface area contributed by atoms with Gasteiger partial charge in [0, 0.05) is 56.7 Å². The van der Waals surface area contributed by atoms with Crippen LogP contribution in [0.3, 0.4) is 0 Å². The van der Waals surface area contributed by atoms with Crippen molar-refractivity contribution in [2.75, 3.05) is 19.6 Å². The maximum atomic E-state index is 13.2. The Morgan fingerprint density at radius 2 is 1.32 bits per heavy atom. The minimum Gasteiger partial charge on any atom is -0.481 e. The van der Waals surface area contributed by atoms with E-state index in [-0.39, 0.29) is 12.5 Å². The maximum absolute atomic E-state index is 13.2. The van der Waals surface area contributed by atoms with Gasteiger partial charge in [0.2, 0.25) is 0 Å². The molecule has 6 nitrogen and oxygen atoms in total. The molecule has 2 aromatic carbocycles. The lowest BCUT2D eigenvalue weighted by atomic mass is 9.90. The summed E-state index contributed by atoms with van der Waals surface area (Å²) in [6.07, 6.45) is -8.50. The van der Waals surface area contributed by atoms with Crippen LogP contribution >= 0.6 is 0 Å². The van der Waals surface area contributed by atoms with Crippen LogP contribution in [0.2, 0.25) is 0 Å². The van der Waals surface area contributed by atoms with Gasteiger partial charge in [-0.05, 0) is 34.4 Å². The molecule has 2 heterocycles. The predicted molar refractivity (Wildman–Crippen MR) is 134 cm³/mol. The number of hydrogen-bond donors (Lipinski definition) is 2. The minimum atomic E-state index is -5.95. The molecule has 1 saturated heterocycles. The molecule has 0 saturated carbocycles. The molecule has 1 atom stereocenters. The number of carboxylic acid groups (broad SMARTS) is 1. The molecule has 1 aromatic heterocycles. The van der Waals surface area contributed by atoms with Crippen LogP contribution in [-0.2, 0) is 23.5 Å². The Kier molecular flexibility index (Phi) is 8.52. The molecule has 1 aliphatic heterocycles. The van der Waals surface area contributed by atoms with Gasteiger partial charge >= 0.3 is 18.3 Å². The highest BCUT2D eigenvalue weighted by Gasteiger charge is 2.71. The molecule has 3 aromatic rings. The molecular weight excluding hydrogens is 540 g/mol. The first kappa shape index (κ1) is 29.5. The Bertz CT molecular complexity index is 1270. The number of piperazine rings is 1. The average molecular weight is 568 g/mol. The Hall–Kier alpha value is -3.48. The van der Waals surface area contributed by atoms with Crippen LogP contribution in [0, 0.1) is 0 Å². The molecule has 40 heavy (non-hydrogen) atoms. The molecule has 1 unspecified atom stereocenters. The summed E-state index contributed by atoms with van der Waals surface area (Å²) in [6.45, 7) is 3.12. The van der Waals surface area contributed by atoms with Crippen molar-refractivity contribution < 1.29 is 41.4 Å². The van der Waals surface area contributed by atoms with Gasteiger partial charge in [-0.2, -0.15) is 26.3 Å². The third kappa shape index (κ3) is 6.45. The van der Waals surface area contributed by atoms with Gasteiger partial charge in [0.15, 0.2) is 0 Å². The van der Waals surface area contributed by atoms with Crippen molar-refractivity contribution in [3.8, 4) is 11.1 Å². The standard InChI is InChI=1S/C28H27F6N3O3/c29-27(30,31)26(40,28(32,33)34)23-7-5-22(6-8-23)21-3-1-19(2-4-21)17-37-14-13-36(18-24(37)15-25(38)39)16-20-9-11-35-12-10-20/h1-12,24,40H,13-18H2,(H,38,39). The lowest BCUT2D eigenvalue weighted by Gasteiger charge is -2.41. The highest BCUT2D eigenvalue weighted by Crippen LogP contribution is 2.50. The van der Waals surface area contributed by atoms with E-state index in [4.69, 9.17) is 0 Å². The van der Waals surface area contributed by atoms with Crippen molar-refractivity contribution in [3.63, 3.8) is 0 Å². The van der Waals surface area contributed by atoms with E-state index in [9.17, 15) is 41.4 Å². The van der Waals surface area contributed by atoms with E-state index in [1.165, 1.54) is 0 Å². The van der Waals surface area contributed by atoms with E-state index in [0.717, 1.165) is 29.8 Å². The largest absolute Gasteiger partial charge is 0.481 e. The fourth-order valence-corrected chi connectivity index (χ4v) is 4.88. The quantitative estimate of drug-likeness (QED) is 0.364. The first-order valence-corrected chi connectivity index (χ1v) is 12.4. The summed E-state index contributed by atoms with van der Waals surface area (Å²) < 4.78 is 78.9.